The summed E-state index contributed by atoms with van der Waals surface area (Å²) < 4.78 is 5.81. The van der Waals surface area contributed by atoms with Crippen molar-refractivity contribution in [2.75, 3.05) is 0 Å². The molecule has 0 aromatic heterocycles. The van der Waals surface area contributed by atoms with E-state index in [9.17, 15) is 0 Å². The zero-order chi connectivity index (χ0) is 14.5. The third-order valence-corrected chi connectivity index (χ3v) is 3.59. The van der Waals surface area contributed by atoms with Gasteiger partial charge in [-0.2, -0.15) is 0 Å². The second-order valence-corrected chi connectivity index (χ2v) is 5.23. The van der Waals surface area contributed by atoms with E-state index in [-0.39, 0.29) is 0 Å². The van der Waals surface area contributed by atoms with E-state index in [0.29, 0.717) is 11.6 Å². The molecule has 3 heteroatoms. The monoisotopic (exact) mass is 285 g/mol. The molecule has 0 radical (unpaired) electrons. The van der Waals surface area contributed by atoms with E-state index >= 15 is 0 Å². The molecule has 2 aromatic carbocycles. The molecule has 0 spiro atoms. The van der Waals surface area contributed by atoms with Crippen molar-refractivity contribution in [1.82, 2.24) is 0 Å². The molecule has 0 aliphatic rings. The predicted octanol–water partition coefficient (Wildman–Crippen LogP) is 3.77. The first-order valence-electron chi connectivity index (χ1n) is 6.71. The Morgan fingerprint density at radius 1 is 1.15 bits per heavy atom. The minimum atomic E-state index is 0.427. The highest BCUT2D eigenvalue weighted by atomic mass is 32.1. The Morgan fingerprint density at radius 3 is 2.40 bits per heavy atom. The van der Waals surface area contributed by atoms with Gasteiger partial charge in [0.05, 0.1) is 0 Å². The number of hydrogen-bond acceptors (Lipinski definition) is 2. The Morgan fingerprint density at radius 2 is 1.85 bits per heavy atom. The van der Waals surface area contributed by atoms with E-state index < -0.39 is 0 Å². The van der Waals surface area contributed by atoms with Crippen LogP contribution < -0.4 is 10.5 Å². The van der Waals surface area contributed by atoms with E-state index in [4.69, 9.17) is 22.7 Å². The van der Waals surface area contributed by atoms with Crippen LogP contribution in [0.25, 0.3) is 0 Å². The average molecular weight is 285 g/mol. The maximum Gasteiger partial charge on any atom is 0.119 e. The molecule has 104 valence electrons. The Balaban J connectivity index is 2.04. The zero-order valence-corrected chi connectivity index (χ0v) is 12.7. The van der Waals surface area contributed by atoms with E-state index in [0.717, 1.165) is 28.9 Å². The lowest BCUT2D eigenvalue weighted by Crippen LogP contribution is -2.10. The molecule has 0 aliphatic heterocycles. The van der Waals surface area contributed by atoms with Gasteiger partial charge in [0.15, 0.2) is 0 Å². The first-order valence-corrected chi connectivity index (χ1v) is 7.12. The smallest absolute Gasteiger partial charge is 0.119 e. The summed E-state index contributed by atoms with van der Waals surface area (Å²) in [7, 11) is 0. The van der Waals surface area contributed by atoms with Crippen molar-refractivity contribution in [2.24, 2.45) is 5.73 Å². The van der Waals surface area contributed by atoms with Crippen LogP contribution in [0.5, 0.6) is 5.75 Å². The first-order chi connectivity index (χ1) is 9.60. The quantitative estimate of drug-likeness (QED) is 0.849. The van der Waals surface area contributed by atoms with Crippen LogP contribution in [-0.4, -0.2) is 4.99 Å². The molecule has 0 saturated carbocycles. The SMILES string of the molecule is CCc1ccc(OCc2ccc(C(N)=S)cc2C)cc1. The topological polar surface area (TPSA) is 35.2 Å². The van der Waals surface area contributed by atoms with Crippen molar-refractivity contribution in [3.8, 4) is 5.75 Å². The molecule has 2 aromatic rings. The molecule has 0 bridgehead atoms. The minimum Gasteiger partial charge on any atom is -0.489 e. The van der Waals surface area contributed by atoms with E-state index in [1.54, 1.807) is 0 Å². The summed E-state index contributed by atoms with van der Waals surface area (Å²) in [5.41, 5.74) is 10.1. The number of nitrogens with two attached hydrogens (primary N) is 1. The molecule has 0 heterocycles. The average Bonchev–Trinajstić information content (AvgIpc) is 2.46. The lowest BCUT2D eigenvalue weighted by molar-refractivity contribution is 0.305. The standard InChI is InChI=1S/C17H19NOS/c1-3-13-4-8-16(9-5-13)19-11-15-7-6-14(17(18)20)10-12(15)2/h4-10H,3,11H2,1-2H3,(H2,18,20). The summed E-state index contributed by atoms with van der Waals surface area (Å²) in [5.74, 6) is 0.889. The van der Waals surface area contributed by atoms with Crippen LogP contribution in [-0.2, 0) is 13.0 Å². The lowest BCUT2D eigenvalue weighted by atomic mass is 10.1. The minimum absolute atomic E-state index is 0.427. The number of benzene rings is 2. The molecule has 2 N–H and O–H groups in total. The van der Waals surface area contributed by atoms with Crippen LogP contribution in [0, 0.1) is 6.92 Å². The molecule has 2 nitrogen and oxygen atoms in total. The predicted molar refractivity (Wildman–Crippen MR) is 87.2 cm³/mol. The molecule has 0 atom stereocenters. The normalized spacial score (nSPS) is 10.3. The Kier molecular flexibility index (Phi) is 4.74. The fourth-order valence-corrected chi connectivity index (χ4v) is 2.12. The van der Waals surface area contributed by atoms with Gasteiger partial charge < -0.3 is 10.5 Å². The summed E-state index contributed by atoms with van der Waals surface area (Å²) >= 11 is 4.98. The summed E-state index contributed by atoms with van der Waals surface area (Å²) in [5, 5.41) is 0. The molecule has 20 heavy (non-hydrogen) atoms. The third-order valence-electron chi connectivity index (χ3n) is 3.35. The van der Waals surface area contributed by atoms with Crippen LogP contribution in [0.2, 0.25) is 0 Å². The highest BCUT2D eigenvalue weighted by molar-refractivity contribution is 7.80. The van der Waals surface area contributed by atoms with Gasteiger partial charge in [0, 0.05) is 5.56 Å². The number of ether oxygens (including phenoxy) is 1. The Hall–Kier alpha value is -1.87. The maximum absolute atomic E-state index is 5.81. The van der Waals surface area contributed by atoms with Gasteiger partial charge in [-0.1, -0.05) is 43.4 Å². The largest absolute Gasteiger partial charge is 0.489 e. The lowest BCUT2D eigenvalue weighted by Gasteiger charge is -2.10. The molecule has 0 amide bonds. The molecular formula is C17H19NOS. The number of rotatable bonds is 5. The molecule has 0 fully saturated rings. The van der Waals surface area contributed by atoms with E-state index in [2.05, 4.69) is 19.1 Å². The molecular weight excluding hydrogens is 266 g/mol. The molecule has 0 saturated heterocycles. The number of hydrogen-bond donors (Lipinski definition) is 1. The Bertz CT molecular complexity index is 605. The second-order valence-electron chi connectivity index (χ2n) is 4.79. The van der Waals surface area contributed by atoms with Gasteiger partial charge in [-0.05, 0) is 48.2 Å². The maximum atomic E-state index is 5.81. The van der Waals surface area contributed by atoms with Gasteiger partial charge in [0.25, 0.3) is 0 Å². The summed E-state index contributed by atoms with van der Waals surface area (Å²) in [6, 6.07) is 14.2. The van der Waals surface area contributed by atoms with Gasteiger partial charge in [-0.15, -0.1) is 0 Å². The molecule has 2 rings (SSSR count). The highest BCUT2D eigenvalue weighted by Gasteiger charge is 2.03. The van der Waals surface area contributed by atoms with Gasteiger partial charge in [-0.25, -0.2) is 0 Å². The molecule has 0 unspecified atom stereocenters. The highest BCUT2D eigenvalue weighted by Crippen LogP contribution is 2.17. The van der Waals surface area contributed by atoms with Gasteiger partial charge in [0.1, 0.15) is 17.3 Å². The van der Waals surface area contributed by atoms with Crippen molar-refractivity contribution in [1.29, 1.82) is 0 Å². The van der Waals surface area contributed by atoms with Crippen molar-refractivity contribution in [3.05, 3.63) is 64.7 Å². The van der Waals surface area contributed by atoms with Crippen LogP contribution in [0.4, 0.5) is 0 Å². The van der Waals surface area contributed by atoms with Gasteiger partial charge in [-0.3, -0.25) is 0 Å². The van der Waals surface area contributed by atoms with Crippen molar-refractivity contribution in [3.63, 3.8) is 0 Å². The van der Waals surface area contributed by atoms with E-state index in [1.165, 1.54) is 5.56 Å². The number of thiocarbonyl (C=S) groups is 1. The first kappa shape index (κ1) is 14.5. The zero-order valence-electron chi connectivity index (χ0n) is 11.8. The van der Waals surface area contributed by atoms with Gasteiger partial charge in [0.2, 0.25) is 0 Å². The second kappa shape index (κ2) is 6.53. The van der Waals surface area contributed by atoms with Gasteiger partial charge >= 0.3 is 0 Å². The fourth-order valence-electron chi connectivity index (χ4n) is 1.99. The van der Waals surface area contributed by atoms with Crippen molar-refractivity contribution in [2.45, 2.75) is 26.9 Å². The van der Waals surface area contributed by atoms with E-state index in [1.807, 2.05) is 37.3 Å². The third kappa shape index (κ3) is 3.58. The fraction of sp³-hybridized carbons (Fsp3) is 0.235. The van der Waals surface area contributed by atoms with Crippen LogP contribution in [0.1, 0.15) is 29.2 Å². The summed E-state index contributed by atoms with van der Waals surface area (Å²) in [4.78, 5) is 0.427. The van der Waals surface area contributed by atoms with Crippen LogP contribution in [0.3, 0.4) is 0 Å². The van der Waals surface area contributed by atoms with Crippen LogP contribution in [0.15, 0.2) is 42.5 Å². The van der Waals surface area contributed by atoms with Crippen LogP contribution >= 0.6 is 12.2 Å². The Labute approximate surface area is 125 Å². The molecule has 0 aliphatic carbocycles. The number of aryl methyl sites for hydroxylation is 2. The van der Waals surface area contributed by atoms with Crippen molar-refractivity contribution >= 4 is 17.2 Å². The summed E-state index contributed by atoms with van der Waals surface area (Å²) in [6.45, 7) is 4.73. The van der Waals surface area contributed by atoms with Crippen molar-refractivity contribution < 1.29 is 4.74 Å². The summed E-state index contributed by atoms with van der Waals surface area (Å²) in [6.07, 6.45) is 1.04.